The number of cyclic esters (lactones) is 1. The zero-order valence-corrected chi connectivity index (χ0v) is 14.9. The van der Waals surface area contributed by atoms with Gasteiger partial charge in [0.15, 0.2) is 11.5 Å². The maximum absolute atomic E-state index is 14.6. The van der Waals surface area contributed by atoms with Gasteiger partial charge >= 0.3 is 6.09 Å². The molecule has 0 saturated carbocycles. The fraction of sp³-hybridized carbons (Fsp3) is 0.529. The van der Waals surface area contributed by atoms with Gasteiger partial charge in [-0.05, 0) is 13.1 Å². The second kappa shape index (κ2) is 7.18. The van der Waals surface area contributed by atoms with Gasteiger partial charge < -0.3 is 19.9 Å². The minimum absolute atomic E-state index is 0.0872. The van der Waals surface area contributed by atoms with E-state index in [-0.39, 0.29) is 37.8 Å². The Labute approximate surface area is 151 Å². The van der Waals surface area contributed by atoms with E-state index in [1.807, 2.05) is 11.9 Å². The second-order valence-electron chi connectivity index (χ2n) is 6.83. The maximum atomic E-state index is 14.6. The molecule has 0 aliphatic carbocycles. The number of likely N-dealkylation sites (N-methyl/N-ethyl adjacent to an activating group) is 1. The normalized spacial score (nSPS) is 23.0. The van der Waals surface area contributed by atoms with Gasteiger partial charge in [-0.3, -0.25) is 14.6 Å². The molecule has 142 valence electrons. The maximum Gasteiger partial charge on any atom is 0.414 e. The van der Waals surface area contributed by atoms with Crippen LogP contribution in [0, 0.1) is 11.0 Å². The Kier molecular flexibility index (Phi) is 5.12. The molecule has 9 heteroatoms. The SMILES string of the molecule is CC(=O)NCC1CN(c2ccc([N+]3([O-])CCN(C)CC3)c(F)c2)C(=O)O1. The molecule has 1 N–H and O–H groups in total. The summed E-state index contributed by atoms with van der Waals surface area (Å²) in [5.74, 6) is -0.841. The van der Waals surface area contributed by atoms with Gasteiger partial charge in [0.25, 0.3) is 0 Å². The molecule has 0 radical (unpaired) electrons. The van der Waals surface area contributed by atoms with Gasteiger partial charge in [-0.15, -0.1) is 0 Å². The van der Waals surface area contributed by atoms with Crippen LogP contribution in [0.5, 0.6) is 0 Å². The Bertz CT molecular complexity index is 706. The number of halogens is 1. The molecule has 0 aromatic heterocycles. The highest BCUT2D eigenvalue weighted by atomic mass is 19.1. The first-order valence-corrected chi connectivity index (χ1v) is 8.58. The lowest BCUT2D eigenvalue weighted by molar-refractivity contribution is -0.119. The third kappa shape index (κ3) is 3.79. The number of hydrogen-bond donors (Lipinski definition) is 1. The topological polar surface area (TPSA) is 84.9 Å². The van der Waals surface area contributed by atoms with Crippen LogP contribution in [0.2, 0.25) is 0 Å². The van der Waals surface area contributed by atoms with Crippen molar-refractivity contribution in [1.29, 1.82) is 0 Å². The van der Waals surface area contributed by atoms with E-state index in [4.69, 9.17) is 4.74 Å². The molecular formula is C17H23FN4O4. The van der Waals surface area contributed by atoms with Crippen molar-refractivity contribution in [1.82, 2.24) is 14.9 Å². The number of hydroxylamine groups is 2. The summed E-state index contributed by atoms with van der Waals surface area (Å²) in [7, 11) is 1.93. The molecule has 1 aromatic carbocycles. The van der Waals surface area contributed by atoms with Crippen LogP contribution in [0.3, 0.4) is 0 Å². The molecule has 26 heavy (non-hydrogen) atoms. The Hall–Kier alpha value is -2.23. The molecule has 1 aromatic rings. The van der Waals surface area contributed by atoms with Crippen LogP contribution in [0.15, 0.2) is 18.2 Å². The van der Waals surface area contributed by atoms with Crippen LogP contribution in [0.1, 0.15) is 6.92 Å². The number of carbonyl (C=O) groups excluding carboxylic acids is 2. The first-order chi connectivity index (χ1) is 12.3. The number of hydrogen-bond acceptors (Lipinski definition) is 5. The summed E-state index contributed by atoms with van der Waals surface area (Å²) in [6, 6.07) is 4.22. The van der Waals surface area contributed by atoms with Gasteiger partial charge in [0.05, 0.1) is 31.9 Å². The third-order valence-electron chi connectivity index (χ3n) is 4.82. The van der Waals surface area contributed by atoms with Crippen molar-refractivity contribution in [3.05, 3.63) is 29.2 Å². The molecule has 2 aliphatic heterocycles. The fourth-order valence-electron chi connectivity index (χ4n) is 3.22. The largest absolute Gasteiger partial charge is 0.627 e. The van der Waals surface area contributed by atoms with E-state index >= 15 is 0 Å². The number of nitrogens with one attached hydrogen (secondary N) is 1. The minimum atomic E-state index is -0.702. The fourth-order valence-corrected chi connectivity index (χ4v) is 3.22. The summed E-state index contributed by atoms with van der Waals surface area (Å²) in [5, 5.41) is 15.5. The molecular weight excluding hydrogens is 343 g/mol. The van der Waals surface area contributed by atoms with Crippen molar-refractivity contribution in [2.45, 2.75) is 13.0 Å². The van der Waals surface area contributed by atoms with E-state index in [0.29, 0.717) is 18.8 Å². The molecule has 1 atom stereocenters. The zero-order valence-electron chi connectivity index (χ0n) is 14.9. The predicted octanol–water partition coefficient (Wildman–Crippen LogP) is 1.04. The number of rotatable bonds is 4. The lowest BCUT2D eigenvalue weighted by Gasteiger charge is -2.47. The Morgan fingerprint density at radius 2 is 2.12 bits per heavy atom. The van der Waals surface area contributed by atoms with Crippen LogP contribution in [0.25, 0.3) is 0 Å². The number of piperazine rings is 1. The molecule has 3 rings (SSSR count). The molecule has 2 fully saturated rings. The van der Waals surface area contributed by atoms with E-state index in [0.717, 1.165) is 0 Å². The first-order valence-electron chi connectivity index (χ1n) is 8.58. The van der Waals surface area contributed by atoms with Gasteiger partial charge in [-0.1, -0.05) is 0 Å². The second-order valence-corrected chi connectivity index (χ2v) is 6.83. The van der Waals surface area contributed by atoms with E-state index in [1.165, 1.54) is 24.0 Å². The van der Waals surface area contributed by atoms with Crippen molar-refractivity contribution >= 4 is 23.4 Å². The van der Waals surface area contributed by atoms with Crippen LogP contribution in [-0.2, 0) is 9.53 Å². The van der Waals surface area contributed by atoms with E-state index in [9.17, 15) is 19.2 Å². The van der Waals surface area contributed by atoms with Gasteiger partial charge in [-0.2, -0.15) is 0 Å². The molecule has 2 heterocycles. The summed E-state index contributed by atoms with van der Waals surface area (Å²) >= 11 is 0. The average molecular weight is 366 g/mol. The molecule has 8 nitrogen and oxygen atoms in total. The molecule has 0 bridgehead atoms. The molecule has 2 aliphatic rings. The van der Waals surface area contributed by atoms with Crippen LogP contribution >= 0.6 is 0 Å². The lowest BCUT2D eigenvalue weighted by atomic mass is 10.2. The van der Waals surface area contributed by atoms with Crippen molar-refractivity contribution < 1.29 is 18.7 Å². The number of carbonyl (C=O) groups is 2. The van der Waals surface area contributed by atoms with Crippen molar-refractivity contribution in [3.8, 4) is 0 Å². The minimum Gasteiger partial charge on any atom is -0.627 e. The van der Waals surface area contributed by atoms with Crippen molar-refractivity contribution in [2.75, 3.05) is 51.2 Å². The van der Waals surface area contributed by atoms with Crippen LogP contribution in [0.4, 0.5) is 20.6 Å². The smallest absolute Gasteiger partial charge is 0.414 e. The molecule has 2 amide bonds. The third-order valence-corrected chi connectivity index (χ3v) is 4.82. The van der Waals surface area contributed by atoms with Crippen molar-refractivity contribution in [2.24, 2.45) is 0 Å². The molecule has 2 saturated heterocycles. The van der Waals surface area contributed by atoms with Gasteiger partial charge in [0, 0.05) is 32.1 Å². The zero-order chi connectivity index (χ0) is 18.9. The summed E-state index contributed by atoms with van der Waals surface area (Å²) in [6.07, 6.45) is -1.09. The number of amides is 2. The highest BCUT2D eigenvalue weighted by molar-refractivity contribution is 5.90. The number of anilines is 1. The first kappa shape index (κ1) is 18.6. The Balaban J connectivity index is 1.73. The number of nitrogens with zero attached hydrogens (tertiary/aromatic N) is 3. The average Bonchev–Trinajstić information content (AvgIpc) is 2.96. The Morgan fingerprint density at radius 3 is 2.73 bits per heavy atom. The monoisotopic (exact) mass is 366 g/mol. The highest BCUT2D eigenvalue weighted by Crippen LogP contribution is 2.32. The molecule has 1 unspecified atom stereocenters. The summed E-state index contributed by atoms with van der Waals surface area (Å²) in [6.45, 7) is 3.57. The molecule has 0 spiro atoms. The summed E-state index contributed by atoms with van der Waals surface area (Å²) in [4.78, 5) is 26.3. The lowest BCUT2D eigenvalue weighted by Crippen LogP contribution is -2.56. The van der Waals surface area contributed by atoms with E-state index in [1.54, 1.807) is 6.07 Å². The van der Waals surface area contributed by atoms with Gasteiger partial charge in [0.1, 0.15) is 6.10 Å². The number of ether oxygens (including phenoxy) is 1. The van der Waals surface area contributed by atoms with Gasteiger partial charge in [-0.25, -0.2) is 9.18 Å². The number of quaternary nitrogens is 1. The van der Waals surface area contributed by atoms with Crippen LogP contribution < -0.4 is 14.9 Å². The van der Waals surface area contributed by atoms with Crippen LogP contribution in [-0.4, -0.2) is 69.3 Å². The van der Waals surface area contributed by atoms with E-state index in [2.05, 4.69) is 5.32 Å². The van der Waals surface area contributed by atoms with Crippen molar-refractivity contribution in [3.63, 3.8) is 0 Å². The summed E-state index contributed by atoms with van der Waals surface area (Å²) in [5.41, 5.74) is 0.423. The quantitative estimate of drug-likeness (QED) is 0.636. The predicted molar refractivity (Wildman–Crippen MR) is 95.1 cm³/mol. The number of benzene rings is 1. The summed E-state index contributed by atoms with van der Waals surface area (Å²) < 4.78 is 19.1. The standard InChI is InChI=1S/C17H23FN4O4/c1-12(23)19-10-14-11-21(17(24)26-14)13-3-4-16(15(18)9-13)22(25)7-5-20(2)6-8-22/h3-4,9,14H,5-8,10-11H2,1-2H3,(H,19,23). The Morgan fingerprint density at radius 1 is 1.42 bits per heavy atom. The van der Waals surface area contributed by atoms with E-state index < -0.39 is 22.7 Å². The highest BCUT2D eigenvalue weighted by Gasteiger charge is 2.34. The van der Waals surface area contributed by atoms with Gasteiger partial charge in [0.2, 0.25) is 5.91 Å².